The maximum atomic E-state index is 4.82. The highest BCUT2D eigenvalue weighted by molar-refractivity contribution is 9.08. The Bertz CT molecular complexity index is 725. The van der Waals surface area contributed by atoms with Gasteiger partial charge in [0, 0.05) is 29.0 Å². The Hall–Kier alpha value is -1.87. The van der Waals surface area contributed by atoms with Crippen LogP contribution in [0.15, 0.2) is 60.7 Å². The average molecular weight is 327 g/mol. The molecule has 100 valence electrons. The van der Waals surface area contributed by atoms with Gasteiger partial charge < -0.3 is 4.90 Å². The molecule has 3 rings (SSSR count). The van der Waals surface area contributed by atoms with Crippen LogP contribution in [0, 0.1) is 0 Å². The van der Waals surface area contributed by atoms with Crippen molar-refractivity contribution in [3.8, 4) is 0 Å². The van der Waals surface area contributed by atoms with Crippen LogP contribution in [0.4, 0.5) is 11.5 Å². The van der Waals surface area contributed by atoms with E-state index in [2.05, 4.69) is 58.2 Å². The third kappa shape index (κ3) is 2.41. The maximum absolute atomic E-state index is 4.82. The fourth-order valence-electron chi connectivity index (χ4n) is 2.31. The molecule has 0 aliphatic heterocycles. The van der Waals surface area contributed by atoms with Crippen LogP contribution < -0.4 is 4.90 Å². The molecule has 0 aliphatic rings. The number of hydrogen-bond donors (Lipinski definition) is 0. The van der Waals surface area contributed by atoms with Crippen LogP contribution in [0.5, 0.6) is 0 Å². The highest BCUT2D eigenvalue weighted by Crippen LogP contribution is 2.29. The Morgan fingerprint density at radius 2 is 1.70 bits per heavy atom. The fraction of sp³-hybridized carbons (Fsp3) is 0.118. The molecule has 3 aromatic rings. The summed E-state index contributed by atoms with van der Waals surface area (Å²) in [4.78, 5) is 6.95. The van der Waals surface area contributed by atoms with Crippen LogP contribution in [0.2, 0.25) is 0 Å². The van der Waals surface area contributed by atoms with Gasteiger partial charge in [-0.25, -0.2) is 4.98 Å². The van der Waals surface area contributed by atoms with Crippen LogP contribution in [-0.2, 0) is 5.33 Å². The molecule has 0 bridgehead atoms. The number of anilines is 2. The lowest BCUT2D eigenvalue weighted by molar-refractivity contribution is 1.12. The van der Waals surface area contributed by atoms with Crippen molar-refractivity contribution in [1.29, 1.82) is 0 Å². The van der Waals surface area contributed by atoms with Gasteiger partial charge in [-0.3, -0.25) is 0 Å². The van der Waals surface area contributed by atoms with Crippen LogP contribution in [0.25, 0.3) is 10.9 Å². The Kier molecular flexibility index (Phi) is 3.70. The van der Waals surface area contributed by atoms with Gasteiger partial charge in [-0.2, -0.15) is 0 Å². The first-order valence-electron chi connectivity index (χ1n) is 6.53. The number of rotatable bonds is 3. The van der Waals surface area contributed by atoms with Crippen LogP contribution in [0.1, 0.15) is 5.56 Å². The van der Waals surface area contributed by atoms with Gasteiger partial charge in [0.15, 0.2) is 0 Å². The minimum Gasteiger partial charge on any atom is -0.329 e. The number of halogens is 1. The fourth-order valence-corrected chi connectivity index (χ4v) is 2.72. The standard InChI is InChI=1S/C17H15BrN2/c1-20(15-8-3-2-4-9-15)17-14(12-18)11-13-7-5-6-10-16(13)19-17/h2-11H,12H2,1H3. The van der Waals surface area contributed by atoms with Crippen molar-refractivity contribution < 1.29 is 0 Å². The predicted molar refractivity (Wildman–Crippen MR) is 88.9 cm³/mol. The smallest absolute Gasteiger partial charge is 0.137 e. The molecule has 0 saturated heterocycles. The SMILES string of the molecule is CN(c1ccccc1)c1nc2ccccc2cc1CBr. The van der Waals surface area contributed by atoms with E-state index in [0.717, 1.165) is 22.4 Å². The summed E-state index contributed by atoms with van der Waals surface area (Å²) in [7, 11) is 2.05. The van der Waals surface area contributed by atoms with Gasteiger partial charge in [-0.1, -0.05) is 52.3 Å². The first-order valence-corrected chi connectivity index (χ1v) is 7.65. The van der Waals surface area contributed by atoms with Gasteiger partial charge in [-0.05, 0) is 24.3 Å². The molecular formula is C17H15BrN2. The molecule has 0 unspecified atom stereocenters. The lowest BCUT2D eigenvalue weighted by Crippen LogP contribution is -2.13. The molecule has 0 radical (unpaired) electrons. The monoisotopic (exact) mass is 326 g/mol. The molecule has 20 heavy (non-hydrogen) atoms. The summed E-state index contributed by atoms with van der Waals surface area (Å²) < 4.78 is 0. The van der Waals surface area contributed by atoms with E-state index >= 15 is 0 Å². The molecule has 2 aromatic carbocycles. The number of fused-ring (bicyclic) bond motifs is 1. The van der Waals surface area contributed by atoms with E-state index in [9.17, 15) is 0 Å². The number of hydrogen-bond acceptors (Lipinski definition) is 2. The molecular weight excluding hydrogens is 312 g/mol. The minimum absolute atomic E-state index is 0.789. The minimum atomic E-state index is 0.789. The molecule has 0 fully saturated rings. The van der Waals surface area contributed by atoms with E-state index in [1.54, 1.807) is 0 Å². The summed E-state index contributed by atoms with van der Waals surface area (Å²) in [6, 6.07) is 20.7. The van der Waals surface area contributed by atoms with E-state index in [-0.39, 0.29) is 0 Å². The Morgan fingerprint density at radius 1 is 1.00 bits per heavy atom. The molecule has 0 aliphatic carbocycles. The van der Waals surface area contributed by atoms with Crippen molar-refractivity contribution in [3.63, 3.8) is 0 Å². The van der Waals surface area contributed by atoms with Crippen LogP contribution in [-0.4, -0.2) is 12.0 Å². The van der Waals surface area contributed by atoms with E-state index in [0.29, 0.717) is 0 Å². The van der Waals surface area contributed by atoms with E-state index < -0.39 is 0 Å². The van der Waals surface area contributed by atoms with Gasteiger partial charge in [0.25, 0.3) is 0 Å². The molecule has 0 saturated carbocycles. The summed E-state index contributed by atoms with van der Waals surface area (Å²) in [6.07, 6.45) is 0. The van der Waals surface area contributed by atoms with Crippen molar-refractivity contribution in [3.05, 3.63) is 66.2 Å². The van der Waals surface area contributed by atoms with Gasteiger partial charge >= 0.3 is 0 Å². The maximum Gasteiger partial charge on any atom is 0.137 e. The lowest BCUT2D eigenvalue weighted by Gasteiger charge is -2.21. The summed E-state index contributed by atoms with van der Waals surface area (Å²) in [6.45, 7) is 0. The molecule has 0 spiro atoms. The van der Waals surface area contributed by atoms with E-state index in [1.807, 2.05) is 30.3 Å². The van der Waals surface area contributed by atoms with Crippen molar-refractivity contribution in [2.45, 2.75) is 5.33 Å². The second-order valence-electron chi connectivity index (χ2n) is 4.69. The molecule has 2 nitrogen and oxygen atoms in total. The zero-order valence-corrected chi connectivity index (χ0v) is 12.8. The highest BCUT2D eigenvalue weighted by atomic mass is 79.9. The largest absolute Gasteiger partial charge is 0.329 e. The number of benzene rings is 2. The summed E-state index contributed by atoms with van der Waals surface area (Å²) in [5.41, 5.74) is 3.35. The Balaban J connectivity index is 2.14. The number of aromatic nitrogens is 1. The highest BCUT2D eigenvalue weighted by Gasteiger charge is 2.11. The number of alkyl halides is 1. The predicted octanol–water partition coefficient (Wildman–Crippen LogP) is 4.90. The van der Waals surface area contributed by atoms with Gasteiger partial charge in [-0.15, -0.1) is 0 Å². The number of nitrogens with zero attached hydrogens (tertiary/aromatic N) is 2. The second kappa shape index (κ2) is 5.63. The quantitative estimate of drug-likeness (QED) is 0.636. The third-order valence-corrected chi connectivity index (χ3v) is 3.99. The van der Waals surface area contributed by atoms with Gasteiger partial charge in [0.05, 0.1) is 5.52 Å². The number of para-hydroxylation sites is 2. The summed E-state index contributed by atoms with van der Waals surface area (Å²) in [5.74, 6) is 0.992. The third-order valence-electron chi connectivity index (χ3n) is 3.39. The molecule has 0 N–H and O–H groups in total. The average Bonchev–Trinajstić information content (AvgIpc) is 2.53. The molecule has 3 heteroatoms. The number of pyridine rings is 1. The second-order valence-corrected chi connectivity index (χ2v) is 5.25. The first kappa shape index (κ1) is 13.1. The molecule has 1 heterocycles. The van der Waals surface area contributed by atoms with Gasteiger partial charge in [0.2, 0.25) is 0 Å². The van der Waals surface area contributed by atoms with Crippen LogP contribution in [0.3, 0.4) is 0 Å². The zero-order valence-electron chi connectivity index (χ0n) is 11.3. The Labute approximate surface area is 127 Å². The molecule has 0 atom stereocenters. The van der Waals surface area contributed by atoms with E-state index in [1.165, 1.54) is 10.9 Å². The van der Waals surface area contributed by atoms with Crippen LogP contribution >= 0.6 is 15.9 Å². The van der Waals surface area contributed by atoms with Crippen molar-refractivity contribution in [1.82, 2.24) is 4.98 Å². The summed E-state index contributed by atoms with van der Waals surface area (Å²) >= 11 is 3.57. The topological polar surface area (TPSA) is 16.1 Å². The van der Waals surface area contributed by atoms with Crippen molar-refractivity contribution >= 4 is 38.3 Å². The molecule has 1 aromatic heterocycles. The Morgan fingerprint density at radius 3 is 2.45 bits per heavy atom. The van der Waals surface area contributed by atoms with Crippen molar-refractivity contribution in [2.24, 2.45) is 0 Å². The van der Waals surface area contributed by atoms with Gasteiger partial charge in [0.1, 0.15) is 5.82 Å². The van der Waals surface area contributed by atoms with Crippen molar-refractivity contribution in [2.75, 3.05) is 11.9 Å². The lowest BCUT2D eigenvalue weighted by atomic mass is 10.1. The molecule has 0 amide bonds. The normalized spacial score (nSPS) is 10.7. The summed E-state index contributed by atoms with van der Waals surface area (Å²) in [5, 5.41) is 1.96. The first-order chi connectivity index (χ1) is 9.79. The van der Waals surface area contributed by atoms with E-state index in [4.69, 9.17) is 4.98 Å². The zero-order chi connectivity index (χ0) is 13.9.